The van der Waals surface area contributed by atoms with Crippen molar-refractivity contribution in [1.29, 1.82) is 0 Å². The van der Waals surface area contributed by atoms with Crippen LogP contribution in [0.2, 0.25) is 5.02 Å². The molecule has 0 aromatic heterocycles. The Labute approximate surface area is 132 Å². The van der Waals surface area contributed by atoms with Gasteiger partial charge in [0.2, 0.25) is 0 Å². The highest BCUT2D eigenvalue weighted by Crippen LogP contribution is 2.21. The Balaban J connectivity index is 1.77. The average Bonchev–Trinajstić information content (AvgIpc) is 2.48. The van der Waals surface area contributed by atoms with E-state index in [2.05, 4.69) is 24.1 Å². The van der Waals surface area contributed by atoms with Crippen LogP contribution in [0, 0.1) is 11.7 Å². The van der Waals surface area contributed by atoms with Gasteiger partial charge in [-0.15, -0.1) is 0 Å². The van der Waals surface area contributed by atoms with Crippen LogP contribution < -0.4 is 5.32 Å². The first kappa shape index (κ1) is 16.7. The predicted octanol–water partition coefficient (Wildman–Crippen LogP) is 4.25. The standard InChI is InChI=1S/C17H26ClFN2/c1-13(12-21-8-4-3-5-9-21)11-20-14(2)15-6-7-17(19)16(18)10-15/h6-7,10,13-14,20H,3-5,8-9,11-12H2,1-2H3. The van der Waals surface area contributed by atoms with Gasteiger partial charge in [0.15, 0.2) is 0 Å². The van der Waals surface area contributed by atoms with E-state index in [1.54, 1.807) is 12.1 Å². The Hall–Kier alpha value is -0.640. The van der Waals surface area contributed by atoms with E-state index in [9.17, 15) is 4.39 Å². The van der Waals surface area contributed by atoms with Gasteiger partial charge >= 0.3 is 0 Å². The van der Waals surface area contributed by atoms with Crippen LogP contribution in [-0.2, 0) is 0 Å². The minimum Gasteiger partial charge on any atom is -0.310 e. The third-order valence-corrected chi connectivity index (χ3v) is 4.52. The molecule has 0 radical (unpaired) electrons. The Morgan fingerprint density at radius 2 is 1.95 bits per heavy atom. The quantitative estimate of drug-likeness (QED) is 0.844. The van der Waals surface area contributed by atoms with Crippen molar-refractivity contribution in [3.8, 4) is 0 Å². The lowest BCUT2D eigenvalue weighted by molar-refractivity contribution is 0.197. The molecular formula is C17H26ClFN2. The Bertz CT molecular complexity index is 446. The topological polar surface area (TPSA) is 15.3 Å². The molecule has 2 atom stereocenters. The number of hydrogen-bond donors (Lipinski definition) is 1. The largest absolute Gasteiger partial charge is 0.310 e. The smallest absolute Gasteiger partial charge is 0.141 e. The van der Waals surface area contributed by atoms with Crippen LogP contribution in [0.1, 0.15) is 44.7 Å². The number of piperidine rings is 1. The highest BCUT2D eigenvalue weighted by Gasteiger charge is 2.14. The van der Waals surface area contributed by atoms with Crippen molar-refractivity contribution in [2.45, 2.75) is 39.2 Å². The number of nitrogens with one attached hydrogen (secondary N) is 1. The molecule has 0 spiro atoms. The number of rotatable bonds is 6. The first-order valence-corrected chi connectivity index (χ1v) is 8.34. The van der Waals surface area contributed by atoms with Gasteiger partial charge in [0.1, 0.15) is 5.82 Å². The molecule has 2 nitrogen and oxygen atoms in total. The molecule has 0 amide bonds. The second kappa shape index (κ2) is 8.11. The molecule has 21 heavy (non-hydrogen) atoms. The zero-order valence-corrected chi connectivity index (χ0v) is 13.8. The van der Waals surface area contributed by atoms with Crippen molar-refractivity contribution >= 4 is 11.6 Å². The summed E-state index contributed by atoms with van der Waals surface area (Å²) in [5.41, 5.74) is 1.03. The first-order chi connectivity index (χ1) is 10.1. The van der Waals surface area contributed by atoms with Crippen LogP contribution in [0.3, 0.4) is 0 Å². The van der Waals surface area contributed by atoms with E-state index in [-0.39, 0.29) is 16.9 Å². The van der Waals surface area contributed by atoms with E-state index in [0.29, 0.717) is 5.92 Å². The molecule has 1 heterocycles. The van der Waals surface area contributed by atoms with Crippen LogP contribution in [0.25, 0.3) is 0 Å². The highest BCUT2D eigenvalue weighted by atomic mass is 35.5. The van der Waals surface area contributed by atoms with E-state index in [0.717, 1.165) is 18.7 Å². The predicted molar refractivity (Wildman–Crippen MR) is 87.3 cm³/mol. The summed E-state index contributed by atoms with van der Waals surface area (Å²) in [5.74, 6) is 0.257. The molecule has 1 aliphatic rings. The zero-order chi connectivity index (χ0) is 15.2. The van der Waals surface area contributed by atoms with Crippen molar-refractivity contribution in [1.82, 2.24) is 10.2 Å². The number of benzene rings is 1. The molecule has 1 saturated heterocycles. The summed E-state index contributed by atoms with van der Waals surface area (Å²) in [5, 5.41) is 3.72. The van der Waals surface area contributed by atoms with Gasteiger partial charge in [-0.2, -0.15) is 0 Å². The molecule has 1 fully saturated rings. The van der Waals surface area contributed by atoms with Crippen LogP contribution in [0.4, 0.5) is 4.39 Å². The maximum absolute atomic E-state index is 13.2. The van der Waals surface area contributed by atoms with Gasteiger partial charge in [0.25, 0.3) is 0 Å². The van der Waals surface area contributed by atoms with Crippen LogP contribution in [0.15, 0.2) is 18.2 Å². The Morgan fingerprint density at radius 1 is 1.24 bits per heavy atom. The van der Waals surface area contributed by atoms with Crippen LogP contribution >= 0.6 is 11.6 Å². The van der Waals surface area contributed by atoms with Gasteiger partial charge < -0.3 is 10.2 Å². The maximum Gasteiger partial charge on any atom is 0.141 e. The molecule has 0 bridgehead atoms. The fourth-order valence-corrected chi connectivity index (χ4v) is 3.11. The fraction of sp³-hybridized carbons (Fsp3) is 0.647. The van der Waals surface area contributed by atoms with Gasteiger partial charge in [-0.05, 0) is 63.0 Å². The SMILES string of the molecule is CC(CNC(C)c1ccc(F)c(Cl)c1)CN1CCCCC1. The van der Waals surface area contributed by atoms with E-state index in [4.69, 9.17) is 11.6 Å². The maximum atomic E-state index is 13.2. The van der Waals surface area contributed by atoms with Crippen LogP contribution in [0.5, 0.6) is 0 Å². The van der Waals surface area contributed by atoms with Crippen molar-refractivity contribution in [3.63, 3.8) is 0 Å². The summed E-state index contributed by atoms with van der Waals surface area (Å²) in [7, 11) is 0. The molecule has 1 aliphatic heterocycles. The molecule has 1 aromatic rings. The van der Waals surface area contributed by atoms with Gasteiger partial charge in [0.05, 0.1) is 5.02 Å². The average molecular weight is 313 g/mol. The summed E-state index contributed by atoms with van der Waals surface area (Å²) in [6.07, 6.45) is 4.06. The second-order valence-corrected chi connectivity index (χ2v) is 6.68. The van der Waals surface area contributed by atoms with Crippen molar-refractivity contribution in [2.24, 2.45) is 5.92 Å². The fourth-order valence-electron chi connectivity index (χ4n) is 2.92. The monoisotopic (exact) mass is 312 g/mol. The molecule has 4 heteroatoms. The molecule has 1 aromatic carbocycles. The molecule has 0 saturated carbocycles. The normalized spacial score (nSPS) is 19.4. The number of nitrogens with zero attached hydrogens (tertiary/aromatic N) is 1. The number of likely N-dealkylation sites (tertiary alicyclic amines) is 1. The summed E-state index contributed by atoms with van der Waals surface area (Å²) >= 11 is 5.84. The molecular weight excluding hydrogens is 287 g/mol. The third-order valence-electron chi connectivity index (χ3n) is 4.23. The van der Waals surface area contributed by atoms with E-state index >= 15 is 0 Å². The number of hydrogen-bond acceptors (Lipinski definition) is 2. The van der Waals surface area contributed by atoms with Crippen molar-refractivity contribution in [2.75, 3.05) is 26.2 Å². The Kier molecular flexibility index (Phi) is 6.46. The van der Waals surface area contributed by atoms with Gasteiger partial charge in [0, 0.05) is 12.6 Å². The molecule has 2 unspecified atom stereocenters. The lowest BCUT2D eigenvalue weighted by Gasteiger charge is -2.29. The van der Waals surface area contributed by atoms with E-state index < -0.39 is 0 Å². The van der Waals surface area contributed by atoms with E-state index in [1.165, 1.54) is 38.4 Å². The molecule has 1 N–H and O–H groups in total. The summed E-state index contributed by atoms with van der Waals surface area (Å²) in [4.78, 5) is 2.56. The highest BCUT2D eigenvalue weighted by molar-refractivity contribution is 6.30. The van der Waals surface area contributed by atoms with Crippen LogP contribution in [-0.4, -0.2) is 31.1 Å². The minimum absolute atomic E-state index is 0.187. The Morgan fingerprint density at radius 3 is 2.62 bits per heavy atom. The molecule has 118 valence electrons. The van der Waals surface area contributed by atoms with Crippen molar-refractivity contribution in [3.05, 3.63) is 34.6 Å². The van der Waals surface area contributed by atoms with Crippen molar-refractivity contribution < 1.29 is 4.39 Å². The summed E-state index contributed by atoms with van der Waals surface area (Å²) in [6.45, 7) is 8.99. The lowest BCUT2D eigenvalue weighted by Crippen LogP contribution is -2.37. The summed E-state index contributed by atoms with van der Waals surface area (Å²) < 4.78 is 13.2. The first-order valence-electron chi connectivity index (χ1n) is 7.97. The molecule has 2 rings (SSSR count). The third kappa shape index (κ3) is 5.24. The zero-order valence-electron chi connectivity index (χ0n) is 13.0. The minimum atomic E-state index is -0.355. The lowest BCUT2D eigenvalue weighted by atomic mass is 10.1. The van der Waals surface area contributed by atoms with Gasteiger partial charge in [-0.1, -0.05) is 31.0 Å². The van der Waals surface area contributed by atoms with Gasteiger partial charge in [-0.25, -0.2) is 4.39 Å². The molecule has 0 aliphatic carbocycles. The van der Waals surface area contributed by atoms with E-state index in [1.807, 2.05) is 0 Å². The second-order valence-electron chi connectivity index (χ2n) is 6.27. The van der Waals surface area contributed by atoms with Gasteiger partial charge in [-0.3, -0.25) is 0 Å². The number of halogens is 2. The summed E-state index contributed by atoms with van der Waals surface area (Å²) in [6, 6.07) is 5.14.